The van der Waals surface area contributed by atoms with Gasteiger partial charge in [-0.05, 0) is 43.4 Å². The number of piperidine rings is 1. The highest BCUT2D eigenvalue weighted by Gasteiger charge is 2.20. The van der Waals surface area contributed by atoms with Crippen molar-refractivity contribution < 1.29 is 9.18 Å². The molecule has 0 aliphatic carbocycles. The van der Waals surface area contributed by atoms with E-state index in [-0.39, 0.29) is 18.3 Å². The smallest absolute Gasteiger partial charge is 0.241 e. The van der Waals surface area contributed by atoms with E-state index < -0.39 is 0 Å². The van der Waals surface area contributed by atoms with Crippen LogP contribution < -0.4 is 5.32 Å². The van der Waals surface area contributed by atoms with E-state index in [9.17, 15) is 9.18 Å². The van der Waals surface area contributed by atoms with E-state index in [0.717, 1.165) is 19.5 Å². The van der Waals surface area contributed by atoms with Crippen molar-refractivity contribution in [2.45, 2.75) is 26.7 Å². The van der Waals surface area contributed by atoms with Crippen molar-refractivity contribution in [3.05, 3.63) is 29.6 Å². The van der Waals surface area contributed by atoms with Crippen molar-refractivity contribution in [3.8, 4) is 0 Å². The van der Waals surface area contributed by atoms with E-state index in [2.05, 4.69) is 12.2 Å². The Labute approximate surface area is 113 Å². The number of carbonyl (C=O) groups is 1. The predicted octanol–water partition coefficient (Wildman–Crippen LogP) is 2.80. The molecule has 1 fully saturated rings. The average molecular weight is 264 g/mol. The summed E-state index contributed by atoms with van der Waals surface area (Å²) in [6, 6.07) is 4.94. The zero-order valence-corrected chi connectivity index (χ0v) is 11.6. The number of benzene rings is 1. The molecule has 1 aliphatic heterocycles. The monoisotopic (exact) mass is 264 g/mol. The highest BCUT2D eigenvalue weighted by Crippen LogP contribution is 2.16. The third kappa shape index (κ3) is 3.69. The molecule has 1 atom stereocenters. The quantitative estimate of drug-likeness (QED) is 0.910. The summed E-state index contributed by atoms with van der Waals surface area (Å²) in [6.07, 6.45) is 2.27. The normalized spacial score (nSPS) is 19.3. The van der Waals surface area contributed by atoms with Crippen LogP contribution in [-0.4, -0.2) is 30.4 Å². The summed E-state index contributed by atoms with van der Waals surface area (Å²) in [6.45, 7) is 5.80. The molecule has 0 saturated carbocycles. The van der Waals surface area contributed by atoms with Crippen molar-refractivity contribution in [1.29, 1.82) is 0 Å². The molecule has 1 aromatic carbocycles. The highest BCUT2D eigenvalue weighted by atomic mass is 19.1. The predicted molar refractivity (Wildman–Crippen MR) is 74.6 cm³/mol. The maximum atomic E-state index is 13.4. The minimum atomic E-state index is -0.246. The number of likely N-dealkylation sites (tertiary alicyclic amines) is 1. The Balaban J connectivity index is 1.87. The molecule has 1 saturated heterocycles. The molecule has 1 N–H and O–H groups in total. The maximum absolute atomic E-state index is 13.4. The maximum Gasteiger partial charge on any atom is 0.241 e. The lowest BCUT2D eigenvalue weighted by Gasteiger charge is -2.31. The number of amides is 1. The number of rotatable bonds is 3. The molecule has 1 unspecified atom stereocenters. The van der Waals surface area contributed by atoms with Crippen molar-refractivity contribution in [2.75, 3.05) is 25.0 Å². The number of anilines is 1. The van der Waals surface area contributed by atoms with Crippen LogP contribution in [0.3, 0.4) is 0 Å². The van der Waals surface area contributed by atoms with Crippen LogP contribution in [0.25, 0.3) is 0 Å². The molecular weight excluding hydrogens is 243 g/mol. The Kier molecular flexibility index (Phi) is 4.40. The molecule has 1 heterocycles. The van der Waals surface area contributed by atoms with Crippen molar-refractivity contribution >= 4 is 11.6 Å². The van der Waals surface area contributed by atoms with Gasteiger partial charge in [0.05, 0.1) is 6.54 Å². The molecular formula is C15H21FN2O. The molecule has 0 aromatic heterocycles. The average Bonchev–Trinajstić information content (AvgIpc) is 2.40. The van der Waals surface area contributed by atoms with Gasteiger partial charge in [-0.1, -0.05) is 13.0 Å². The minimum absolute atomic E-state index is 0.0903. The number of nitrogens with one attached hydrogen (secondary N) is 1. The summed E-state index contributed by atoms with van der Waals surface area (Å²) >= 11 is 0. The van der Waals surface area contributed by atoms with Gasteiger partial charge in [-0.3, -0.25) is 4.79 Å². The van der Waals surface area contributed by atoms with Crippen molar-refractivity contribution in [2.24, 2.45) is 5.92 Å². The molecule has 0 spiro atoms. The molecule has 1 aromatic rings. The third-order valence-corrected chi connectivity index (χ3v) is 3.63. The number of aryl methyl sites for hydroxylation is 1. The first-order valence-electron chi connectivity index (χ1n) is 6.84. The Morgan fingerprint density at radius 1 is 1.53 bits per heavy atom. The summed E-state index contributed by atoms with van der Waals surface area (Å²) in [5.41, 5.74) is 1.27. The van der Waals surface area contributed by atoms with Crippen LogP contribution in [0.5, 0.6) is 0 Å². The fourth-order valence-corrected chi connectivity index (χ4v) is 2.41. The first-order chi connectivity index (χ1) is 9.06. The lowest BCUT2D eigenvalue weighted by molar-refractivity contribution is -0.130. The standard InChI is InChI=1S/C15H21FN2O/c1-11-4-3-7-18(10-11)15(19)9-17-13-6-5-12(2)14(16)8-13/h5-6,8,11,17H,3-4,7,9-10H2,1-2H3. The Morgan fingerprint density at radius 3 is 3.00 bits per heavy atom. The van der Waals surface area contributed by atoms with E-state index in [1.54, 1.807) is 19.1 Å². The second-order valence-electron chi connectivity index (χ2n) is 5.40. The van der Waals surface area contributed by atoms with Crippen LogP contribution in [0.15, 0.2) is 18.2 Å². The SMILES string of the molecule is Cc1ccc(NCC(=O)N2CCCC(C)C2)cc1F. The number of hydrogen-bond donors (Lipinski definition) is 1. The van der Waals surface area contributed by atoms with Crippen LogP contribution >= 0.6 is 0 Å². The Hall–Kier alpha value is -1.58. The van der Waals surface area contributed by atoms with Gasteiger partial charge in [-0.15, -0.1) is 0 Å². The van der Waals surface area contributed by atoms with Gasteiger partial charge in [-0.25, -0.2) is 4.39 Å². The van der Waals surface area contributed by atoms with E-state index in [1.807, 2.05) is 4.90 Å². The first kappa shape index (κ1) is 13.8. The molecule has 3 nitrogen and oxygen atoms in total. The summed E-state index contributed by atoms with van der Waals surface area (Å²) in [7, 11) is 0. The van der Waals surface area contributed by atoms with E-state index in [4.69, 9.17) is 0 Å². The third-order valence-electron chi connectivity index (χ3n) is 3.63. The van der Waals surface area contributed by atoms with Crippen LogP contribution in [0.2, 0.25) is 0 Å². The van der Waals surface area contributed by atoms with E-state index in [0.29, 0.717) is 17.2 Å². The molecule has 1 amide bonds. The van der Waals surface area contributed by atoms with Gasteiger partial charge in [0, 0.05) is 18.8 Å². The zero-order valence-electron chi connectivity index (χ0n) is 11.6. The number of carbonyl (C=O) groups excluding carboxylic acids is 1. The zero-order chi connectivity index (χ0) is 13.8. The van der Waals surface area contributed by atoms with Crippen LogP contribution in [0.1, 0.15) is 25.3 Å². The van der Waals surface area contributed by atoms with Gasteiger partial charge in [-0.2, -0.15) is 0 Å². The Bertz CT molecular complexity index is 461. The fourth-order valence-electron chi connectivity index (χ4n) is 2.41. The number of hydrogen-bond acceptors (Lipinski definition) is 2. The number of nitrogens with zero attached hydrogens (tertiary/aromatic N) is 1. The molecule has 19 heavy (non-hydrogen) atoms. The van der Waals surface area contributed by atoms with Gasteiger partial charge in [0.25, 0.3) is 0 Å². The lowest BCUT2D eigenvalue weighted by atomic mass is 10.0. The van der Waals surface area contributed by atoms with Crippen molar-refractivity contribution in [3.63, 3.8) is 0 Å². The van der Waals surface area contributed by atoms with E-state index >= 15 is 0 Å². The van der Waals surface area contributed by atoms with Crippen LogP contribution in [0, 0.1) is 18.7 Å². The van der Waals surface area contributed by atoms with Gasteiger partial charge in [0.2, 0.25) is 5.91 Å². The molecule has 0 radical (unpaired) electrons. The first-order valence-corrected chi connectivity index (χ1v) is 6.84. The van der Waals surface area contributed by atoms with Crippen LogP contribution in [-0.2, 0) is 4.79 Å². The Morgan fingerprint density at radius 2 is 2.32 bits per heavy atom. The molecule has 4 heteroatoms. The second-order valence-corrected chi connectivity index (χ2v) is 5.40. The molecule has 2 rings (SSSR count). The summed E-state index contributed by atoms with van der Waals surface area (Å²) in [5, 5.41) is 2.99. The summed E-state index contributed by atoms with van der Waals surface area (Å²) < 4.78 is 13.4. The van der Waals surface area contributed by atoms with Crippen molar-refractivity contribution in [1.82, 2.24) is 4.90 Å². The van der Waals surface area contributed by atoms with Gasteiger partial charge in [0.15, 0.2) is 0 Å². The fraction of sp³-hybridized carbons (Fsp3) is 0.533. The molecule has 0 bridgehead atoms. The number of halogens is 1. The topological polar surface area (TPSA) is 32.3 Å². The van der Waals surface area contributed by atoms with E-state index in [1.165, 1.54) is 12.5 Å². The summed E-state index contributed by atoms with van der Waals surface area (Å²) in [5.74, 6) is 0.422. The van der Waals surface area contributed by atoms with Gasteiger partial charge >= 0.3 is 0 Å². The largest absolute Gasteiger partial charge is 0.376 e. The van der Waals surface area contributed by atoms with Gasteiger partial charge in [0.1, 0.15) is 5.82 Å². The van der Waals surface area contributed by atoms with Crippen LogP contribution in [0.4, 0.5) is 10.1 Å². The minimum Gasteiger partial charge on any atom is -0.376 e. The highest BCUT2D eigenvalue weighted by molar-refractivity contribution is 5.81. The van der Waals surface area contributed by atoms with Gasteiger partial charge < -0.3 is 10.2 Å². The lowest BCUT2D eigenvalue weighted by Crippen LogP contribution is -2.41. The summed E-state index contributed by atoms with van der Waals surface area (Å²) in [4.78, 5) is 13.9. The second kappa shape index (κ2) is 6.04. The molecule has 1 aliphatic rings. The molecule has 104 valence electrons.